The number of nitrogens with one attached hydrogen (secondary N) is 1. The molecule has 7 heteroatoms. The van der Waals surface area contributed by atoms with Crippen molar-refractivity contribution < 1.29 is 0 Å². The molecule has 2 heterocycles. The minimum absolute atomic E-state index is 0.748. The van der Waals surface area contributed by atoms with Crippen LogP contribution in [-0.4, -0.2) is 30.0 Å². The summed E-state index contributed by atoms with van der Waals surface area (Å²) in [5, 5.41) is 18.9. The maximum absolute atomic E-state index is 4.26. The minimum atomic E-state index is 0.748. The molecular formula is C14H17N7. The Hall–Kier alpha value is -2.70. The Balaban J connectivity index is 1.74. The highest BCUT2D eigenvalue weighted by Gasteiger charge is 2.05. The lowest BCUT2D eigenvalue weighted by molar-refractivity contribution is 0.627. The second-order valence-electron chi connectivity index (χ2n) is 4.75. The van der Waals surface area contributed by atoms with Crippen molar-refractivity contribution in [3.05, 3.63) is 48.0 Å². The van der Waals surface area contributed by atoms with E-state index < -0.39 is 0 Å². The Morgan fingerprint density at radius 3 is 2.86 bits per heavy atom. The molecular weight excluding hydrogens is 266 g/mol. The van der Waals surface area contributed by atoms with Crippen molar-refractivity contribution >= 4 is 5.69 Å². The average Bonchev–Trinajstić information content (AvgIpc) is 3.16. The first-order chi connectivity index (χ1) is 10.3. The van der Waals surface area contributed by atoms with Crippen molar-refractivity contribution in [2.75, 3.05) is 5.32 Å². The standard InChI is InChI=1S/C14H17N7/c1-3-20-13(6-7-17-20)9-15-12-4-5-14(11(2)8-12)21-10-16-18-19-21/h4-8,10,15H,3,9H2,1-2H3. The number of nitrogens with zero attached hydrogens (tertiary/aromatic N) is 6. The van der Waals surface area contributed by atoms with E-state index in [9.17, 15) is 0 Å². The Labute approximate surface area is 122 Å². The fourth-order valence-corrected chi connectivity index (χ4v) is 2.28. The van der Waals surface area contributed by atoms with E-state index in [2.05, 4.69) is 38.9 Å². The van der Waals surface area contributed by atoms with E-state index in [1.54, 1.807) is 11.0 Å². The number of aromatic nitrogens is 6. The summed E-state index contributed by atoms with van der Waals surface area (Å²) in [5.74, 6) is 0. The second kappa shape index (κ2) is 5.74. The van der Waals surface area contributed by atoms with Crippen LogP contribution in [0.25, 0.3) is 5.69 Å². The van der Waals surface area contributed by atoms with Gasteiger partial charge in [-0.1, -0.05) is 0 Å². The summed E-state index contributed by atoms with van der Waals surface area (Å²) in [6.45, 7) is 5.75. The normalized spacial score (nSPS) is 10.8. The molecule has 0 saturated heterocycles. The first-order valence-corrected chi connectivity index (χ1v) is 6.86. The molecule has 0 bridgehead atoms. The van der Waals surface area contributed by atoms with Crippen LogP contribution in [0.15, 0.2) is 36.8 Å². The largest absolute Gasteiger partial charge is 0.379 e. The van der Waals surface area contributed by atoms with Crippen molar-refractivity contribution in [2.24, 2.45) is 0 Å². The first-order valence-electron chi connectivity index (χ1n) is 6.86. The Morgan fingerprint density at radius 1 is 1.24 bits per heavy atom. The fourth-order valence-electron chi connectivity index (χ4n) is 2.28. The molecule has 3 rings (SSSR count). The van der Waals surface area contributed by atoms with E-state index in [1.165, 1.54) is 5.69 Å². The van der Waals surface area contributed by atoms with Gasteiger partial charge in [-0.25, -0.2) is 4.68 Å². The lowest BCUT2D eigenvalue weighted by Gasteiger charge is -2.11. The quantitative estimate of drug-likeness (QED) is 0.773. The lowest BCUT2D eigenvalue weighted by atomic mass is 10.2. The number of aryl methyl sites for hydroxylation is 2. The number of hydrogen-bond donors (Lipinski definition) is 1. The van der Waals surface area contributed by atoms with Gasteiger partial charge in [0, 0.05) is 18.4 Å². The van der Waals surface area contributed by atoms with Gasteiger partial charge < -0.3 is 5.32 Å². The predicted molar refractivity (Wildman–Crippen MR) is 79.1 cm³/mol. The Kier molecular flexibility index (Phi) is 3.63. The molecule has 1 N–H and O–H groups in total. The highest BCUT2D eigenvalue weighted by Crippen LogP contribution is 2.18. The van der Waals surface area contributed by atoms with Crippen LogP contribution >= 0.6 is 0 Å². The van der Waals surface area contributed by atoms with Crippen LogP contribution in [0.2, 0.25) is 0 Å². The summed E-state index contributed by atoms with van der Waals surface area (Å²) in [4.78, 5) is 0. The number of tetrazole rings is 1. The van der Waals surface area contributed by atoms with E-state index in [4.69, 9.17) is 0 Å². The molecule has 2 aromatic heterocycles. The van der Waals surface area contributed by atoms with Crippen LogP contribution in [0.1, 0.15) is 18.2 Å². The molecule has 7 nitrogen and oxygen atoms in total. The zero-order chi connectivity index (χ0) is 14.7. The number of anilines is 1. The molecule has 0 amide bonds. The Bertz CT molecular complexity index is 715. The summed E-state index contributed by atoms with van der Waals surface area (Å²) in [5.41, 5.74) is 4.31. The number of benzene rings is 1. The summed E-state index contributed by atoms with van der Waals surface area (Å²) in [6, 6.07) is 8.14. The summed E-state index contributed by atoms with van der Waals surface area (Å²) >= 11 is 0. The predicted octanol–water partition coefficient (Wildman–Crippen LogP) is 1.80. The average molecular weight is 283 g/mol. The molecule has 3 aromatic rings. The highest BCUT2D eigenvalue weighted by atomic mass is 15.5. The third kappa shape index (κ3) is 2.76. The molecule has 0 unspecified atom stereocenters. The molecule has 0 radical (unpaired) electrons. The first kappa shape index (κ1) is 13.3. The summed E-state index contributed by atoms with van der Waals surface area (Å²) in [6.07, 6.45) is 3.42. The molecule has 108 valence electrons. The van der Waals surface area contributed by atoms with E-state index in [-0.39, 0.29) is 0 Å². The van der Waals surface area contributed by atoms with E-state index in [0.29, 0.717) is 0 Å². The van der Waals surface area contributed by atoms with Crippen molar-refractivity contribution in [1.29, 1.82) is 0 Å². The molecule has 0 aliphatic carbocycles. The molecule has 0 aliphatic rings. The maximum Gasteiger partial charge on any atom is 0.143 e. The molecule has 0 aliphatic heterocycles. The zero-order valence-electron chi connectivity index (χ0n) is 12.1. The van der Waals surface area contributed by atoms with Gasteiger partial charge in [-0.2, -0.15) is 5.10 Å². The highest BCUT2D eigenvalue weighted by molar-refractivity contribution is 5.53. The second-order valence-corrected chi connectivity index (χ2v) is 4.75. The smallest absolute Gasteiger partial charge is 0.143 e. The monoisotopic (exact) mass is 283 g/mol. The Morgan fingerprint density at radius 2 is 2.14 bits per heavy atom. The van der Waals surface area contributed by atoms with Gasteiger partial charge >= 0.3 is 0 Å². The van der Waals surface area contributed by atoms with Gasteiger partial charge in [0.15, 0.2) is 0 Å². The minimum Gasteiger partial charge on any atom is -0.379 e. The van der Waals surface area contributed by atoms with Crippen LogP contribution in [0.5, 0.6) is 0 Å². The van der Waals surface area contributed by atoms with E-state index in [0.717, 1.165) is 30.0 Å². The van der Waals surface area contributed by atoms with Crippen LogP contribution in [0.3, 0.4) is 0 Å². The van der Waals surface area contributed by atoms with Crippen molar-refractivity contribution in [2.45, 2.75) is 26.9 Å². The fraction of sp³-hybridized carbons (Fsp3) is 0.286. The van der Waals surface area contributed by atoms with E-state index in [1.807, 2.05) is 36.0 Å². The molecule has 0 saturated carbocycles. The van der Waals surface area contributed by atoms with Crippen LogP contribution in [0, 0.1) is 6.92 Å². The maximum atomic E-state index is 4.26. The molecule has 0 spiro atoms. The molecule has 21 heavy (non-hydrogen) atoms. The third-order valence-electron chi connectivity index (χ3n) is 3.37. The van der Waals surface area contributed by atoms with Gasteiger partial charge in [0.25, 0.3) is 0 Å². The van der Waals surface area contributed by atoms with Crippen molar-refractivity contribution in [1.82, 2.24) is 30.0 Å². The molecule has 0 fully saturated rings. The molecule has 1 aromatic carbocycles. The van der Waals surface area contributed by atoms with Gasteiger partial charge in [0.2, 0.25) is 0 Å². The van der Waals surface area contributed by atoms with Crippen LogP contribution < -0.4 is 5.32 Å². The van der Waals surface area contributed by atoms with Crippen molar-refractivity contribution in [3.63, 3.8) is 0 Å². The van der Waals surface area contributed by atoms with Gasteiger partial charge in [0.05, 0.1) is 17.9 Å². The SMILES string of the molecule is CCn1nccc1CNc1ccc(-n2cnnn2)c(C)c1. The summed E-state index contributed by atoms with van der Waals surface area (Å²) in [7, 11) is 0. The third-order valence-corrected chi connectivity index (χ3v) is 3.37. The van der Waals surface area contributed by atoms with Gasteiger partial charge in [0.1, 0.15) is 6.33 Å². The van der Waals surface area contributed by atoms with Crippen LogP contribution in [0.4, 0.5) is 5.69 Å². The number of hydrogen-bond acceptors (Lipinski definition) is 5. The van der Waals surface area contributed by atoms with Gasteiger partial charge in [-0.3, -0.25) is 4.68 Å². The van der Waals surface area contributed by atoms with E-state index >= 15 is 0 Å². The van der Waals surface area contributed by atoms with Crippen molar-refractivity contribution in [3.8, 4) is 5.69 Å². The lowest BCUT2D eigenvalue weighted by Crippen LogP contribution is -2.08. The van der Waals surface area contributed by atoms with Gasteiger partial charge in [-0.15, -0.1) is 5.10 Å². The number of rotatable bonds is 5. The van der Waals surface area contributed by atoms with Gasteiger partial charge in [-0.05, 0) is 54.1 Å². The topological polar surface area (TPSA) is 73.5 Å². The summed E-state index contributed by atoms with van der Waals surface area (Å²) < 4.78 is 3.64. The molecule has 0 atom stereocenters. The van der Waals surface area contributed by atoms with Crippen LogP contribution in [-0.2, 0) is 13.1 Å². The zero-order valence-corrected chi connectivity index (χ0v) is 12.1.